The second kappa shape index (κ2) is 7.61. The SMILES string of the molecule is COC(=O)C1(c2ccc(S(=O)(=O)NC3CCNCC3C)cc2)CC1.Cl. The summed E-state index contributed by atoms with van der Waals surface area (Å²) in [5.41, 5.74) is 0.247. The van der Waals surface area contributed by atoms with Crippen molar-refractivity contribution < 1.29 is 17.9 Å². The number of halogens is 1. The molecule has 3 rings (SSSR count). The number of esters is 1. The number of hydrogen-bond donors (Lipinski definition) is 2. The van der Waals surface area contributed by atoms with Crippen LogP contribution in [0, 0.1) is 5.92 Å². The highest BCUT2D eigenvalue weighted by atomic mass is 35.5. The first-order chi connectivity index (χ1) is 11.4. The Morgan fingerprint density at radius 2 is 1.92 bits per heavy atom. The first-order valence-electron chi connectivity index (χ1n) is 8.31. The minimum Gasteiger partial charge on any atom is -0.468 e. The van der Waals surface area contributed by atoms with Gasteiger partial charge in [0.25, 0.3) is 0 Å². The maximum atomic E-state index is 12.6. The summed E-state index contributed by atoms with van der Waals surface area (Å²) >= 11 is 0. The van der Waals surface area contributed by atoms with Gasteiger partial charge in [0.2, 0.25) is 10.0 Å². The van der Waals surface area contributed by atoms with Crippen LogP contribution in [0.5, 0.6) is 0 Å². The van der Waals surface area contributed by atoms with Crippen molar-refractivity contribution in [3.8, 4) is 0 Å². The van der Waals surface area contributed by atoms with Crippen molar-refractivity contribution >= 4 is 28.4 Å². The molecule has 1 aromatic carbocycles. The van der Waals surface area contributed by atoms with Crippen molar-refractivity contribution in [1.82, 2.24) is 10.0 Å². The molecule has 2 aliphatic rings. The summed E-state index contributed by atoms with van der Waals surface area (Å²) in [6.45, 7) is 3.67. The Bertz CT molecular complexity index is 717. The summed E-state index contributed by atoms with van der Waals surface area (Å²) < 4.78 is 32.9. The van der Waals surface area contributed by atoms with Gasteiger partial charge < -0.3 is 10.1 Å². The largest absolute Gasteiger partial charge is 0.468 e. The van der Waals surface area contributed by atoms with E-state index in [4.69, 9.17) is 4.74 Å². The molecule has 0 aromatic heterocycles. The Balaban J connectivity index is 0.00000225. The molecular formula is C17H25ClN2O4S. The summed E-state index contributed by atoms with van der Waals surface area (Å²) in [7, 11) is -2.17. The molecule has 1 aromatic rings. The van der Waals surface area contributed by atoms with E-state index in [0.29, 0.717) is 0 Å². The number of rotatable bonds is 5. The molecule has 6 nitrogen and oxygen atoms in total. The first kappa shape index (κ1) is 20.2. The van der Waals surface area contributed by atoms with Gasteiger partial charge in [-0.2, -0.15) is 0 Å². The number of ether oxygens (including phenoxy) is 1. The molecule has 8 heteroatoms. The topological polar surface area (TPSA) is 84.5 Å². The number of piperidine rings is 1. The molecule has 2 atom stereocenters. The number of hydrogen-bond acceptors (Lipinski definition) is 5. The van der Waals surface area contributed by atoms with Gasteiger partial charge in [-0.15, -0.1) is 12.4 Å². The van der Waals surface area contributed by atoms with Crippen LogP contribution in [0.4, 0.5) is 0 Å². The van der Waals surface area contributed by atoms with Gasteiger partial charge in [0.05, 0.1) is 17.4 Å². The highest BCUT2D eigenvalue weighted by Crippen LogP contribution is 2.49. The minimum absolute atomic E-state index is 0. The number of nitrogens with one attached hydrogen (secondary N) is 2. The molecule has 1 aliphatic heterocycles. The molecule has 0 radical (unpaired) electrons. The van der Waals surface area contributed by atoms with Crippen LogP contribution < -0.4 is 10.0 Å². The average molecular weight is 389 g/mol. The summed E-state index contributed by atoms with van der Waals surface area (Å²) in [5.74, 6) is 0.00150. The fourth-order valence-corrected chi connectivity index (χ4v) is 4.72. The van der Waals surface area contributed by atoms with E-state index in [-0.39, 0.29) is 35.2 Å². The van der Waals surface area contributed by atoms with E-state index in [1.807, 2.05) is 6.92 Å². The Morgan fingerprint density at radius 1 is 1.28 bits per heavy atom. The maximum absolute atomic E-state index is 12.6. The second-order valence-electron chi connectivity index (χ2n) is 6.80. The summed E-state index contributed by atoms with van der Waals surface area (Å²) in [6.07, 6.45) is 2.27. The van der Waals surface area contributed by atoms with Crippen molar-refractivity contribution in [2.45, 2.75) is 42.5 Å². The standard InChI is InChI=1S/C17H24N2O4S.ClH/c1-12-11-18-10-7-15(12)19-24(21,22)14-5-3-13(4-6-14)17(8-9-17)16(20)23-2;/h3-6,12,15,18-19H,7-11H2,1-2H3;1H. The zero-order valence-corrected chi connectivity index (χ0v) is 16.1. The van der Waals surface area contributed by atoms with Crippen LogP contribution in [0.2, 0.25) is 0 Å². The lowest BCUT2D eigenvalue weighted by Crippen LogP contribution is -2.48. The number of sulfonamides is 1. The lowest BCUT2D eigenvalue weighted by atomic mass is 9.96. The number of benzene rings is 1. The van der Waals surface area contributed by atoms with E-state index in [1.54, 1.807) is 24.3 Å². The Hall–Kier alpha value is -1.15. The van der Waals surface area contributed by atoms with Gasteiger partial charge in [0.15, 0.2) is 0 Å². The third-order valence-electron chi connectivity index (χ3n) is 5.14. The molecule has 1 heterocycles. The molecule has 0 bridgehead atoms. The fraction of sp³-hybridized carbons (Fsp3) is 0.588. The highest BCUT2D eigenvalue weighted by molar-refractivity contribution is 7.89. The van der Waals surface area contributed by atoms with Crippen molar-refractivity contribution in [2.24, 2.45) is 5.92 Å². The zero-order valence-electron chi connectivity index (χ0n) is 14.4. The van der Waals surface area contributed by atoms with Crippen LogP contribution in [-0.2, 0) is 25.0 Å². The maximum Gasteiger partial charge on any atom is 0.316 e. The summed E-state index contributed by atoms with van der Waals surface area (Å²) in [6, 6.07) is 6.55. The van der Waals surface area contributed by atoms with Crippen molar-refractivity contribution in [3.63, 3.8) is 0 Å². The van der Waals surface area contributed by atoms with Crippen LogP contribution in [-0.4, -0.2) is 40.6 Å². The molecule has 1 saturated carbocycles. The van der Waals surface area contributed by atoms with Gasteiger partial charge in [-0.25, -0.2) is 13.1 Å². The number of methoxy groups -OCH3 is 1. The molecule has 0 amide bonds. The lowest BCUT2D eigenvalue weighted by molar-refractivity contribution is -0.143. The Morgan fingerprint density at radius 3 is 2.44 bits per heavy atom. The van der Waals surface area contributed by atoms with E-state index in [9.17, 15) is 13.2 Å². The van der Waals surface area contributed by atoms with Crippen molar-refractivity contribution in [1.29, 1.82) is 0 Å². The number of carbonyl (C=O) groups is 1. The van der Waals surface area contributed by atoms with Gasteiger partial charge in [0.1, 0.15) is 0 Å². The quantitative estimate of drug-likeness (QED) is 0.748. The van der Waals surface area contributed by atoms with E-state index in [2.05, 4.69) is 10.0 Å². The minimum atomic E-state index is -3.55. The van der Waals surface area contributed by atoms with Gasteiger partial charge in [-0.1, -0.05) is 19.1 Å². The van der Waals surface area contributed by atoms with Crippen LogP contribution in [0.3, 0.4) is 0 Å². The highest BCUT2D eigenvalue weighted by Gasteiger charge is 2.52. The molecule has 2 fully saturated rings. The van der Waals surface area contributed by atoms with Crippen LogP contribution in [0.1, 0.15) is 31.7 Å². The molecule has 2 N–H and O–H groups in total. The van der Waals surface area contributed by atoms with E-state index >= 15 is 0 Å². The van der Waals surface area contributed by atoms with E-state index < -0.39 is 15.4 Å². The summed E-state index contributed by atoms with van der Waals surface area (Å²) in [4.78, 5) is 12.2. The second-order valence-corrected chi connectivity index (χ2v) is 8.51. The van der Waals surface area contributed by atoms with Crippen molar-refractivity contribution in [2.75, 3.05) is 20.2 Å². The molecule has 1 aliphatic carbocycles. The van der Waals surface area contributed by atoms with Crippen LogP contribution >= 0.6 is 12.4 Å². The summed E-state index contributed by atoms with van der Waals surface area (Å²) in [5, 5.41) is 3.26. The fourth-order valence-electron chi connectivity index (χ4n) is 3.34. The monoisotopic (exact) mass is 388 g/mol. The third-order valence-corrected chi connectivity index (χ3v) is 6.64. The first-order valence-corrected chi connectivity index (χ1v) is 9.79. The molecule has 2 unspecified atom stereocenters. The molecule has 1 saturated heterocycles. The molecule has 140 valence electrons. The van der Waals surface area contributed by atoms with Gasteiger partial charge in [-0.05, 0) is 56.0 Å². The normalized spacial score (nSPS) is 24.9. The van der Waals surface area contributed by atoms with Crippen LogP contribution in [0.25, 0.3) is 0 Å². The Kier molecular flexibility index (Phi) is 6.14. The van der Waals surface area contributed by atoms with Gasteiger partial charge in [-0.3, -0.25) is 4.79 Å². The van der Waals surface area contributed by atoms with Crippen molar-refractivity contribution in [3.05, 3.63) is 29.8 Å². The Labute approximate surface area is 155 Å². The predicted molar refractivity (Wildman–Crippen MR) is 97.4 cm³/mol. The molecule has 25 heavy (non-hydrogen) atoms. The molecular weight excluding hydrogens is 364 g/mol. The van der Waals surface area contributed by atoms with Gasteiger partial charge in [0, 0.05) is 6.04 Å². The molecule has 0 spiro atoms. The predicted octanol–water partition coefficient (Wildman–Crippen LogP) is 1.59. The lowest BCUT2D eigenvalue weighted by Gasteiger charge is -2.30. The average Bonchev–Trinajstić information content (AvgIpc) is 3.38. The number of carbonyl (C=O) groups excluding carboxylic acids is 1. The van der Waals surface area contributed by atoms with Crippen LogP contribution in [0.15, 0.2) is 29.2 Å². The zero-order chi connectivity index (χ0) is 17.4. The third kappa shape index (κ3) is 4.00. The van der Waals surface area contributed by atoms with E-state index in [0.717, 1.165) is 37.9 Å². The van der Waals surface area contributed by atoms with Gasteiger partial charge >= 0.3 is 5.97 Å². The van der Waals surface area contributed by atoms with E-state index in [1.165, 1.54) is 7.11 Å². The smallest absolute Gasteiger partial charge is 0.316 e.